The molecule has 36 heavy (non-hydrogen) atoms. The molecule has 16 heteroatoms. The van der Waals surface area contributed by atoms with Gasteiger partial charge >= 0.3 is 11.7 Å². The molecule has 0 spiro atoms. The number of aromatic amines is 1. The first-order valence-electron chi connectivity index (χ1n) is 10.2. The molecule has 0 radical (unpaired) electrons. The fraction of sp³-hybridized carbons (Fsp3) is 0.450. The van der Waals surface area contributed by atoms with Gasteiger partial charge in [0, 0.05) is 11.8 Å². The molecule has 0 saturated carbocycles. The second-order valence-electron chi connectivity index (χ2n) is 8.17. The average Bonchev–Trinajstić information content (AvgIpc) is 3.05. The van der Waals surface area contributed by atoms with Crippen molar-refractivity contribution in [2.75, 3.05) is 25.7 Å². The molecular weight excluding hydrogens is 524 g/mol. The highest BCUT2D eigenvalue weighted by Gasteiger charge is 2.59. The number of aliphatic hydroxyl groups is 1. The summed E-state index contributed by atoms with van der Waals surface area (Å²) in [6.07, 6.45) is -2.85. The number of nitrogens with zero attached hydrogens (tertiary/aromatic N) is 1. The number of esters is 1. The molecule has 0 aliphatic carbocycles. The van der Waals surface area contributed by atoms with Gasteiger partial charge in [0.1, 0.15) is 19.3 Å². The lowest BCUT2D eigenvalue weighted by atomic mass is 9.96. The highest BCUT2D eigenvalue weighted by Crippen LogP contribution is 2.40. The maximum atomic E-state index is 12.8. The highest BCUT2D eigenvalue weighted by atomic mass is 32.2. The van der Waals surface area contributed by atoms with Gasteiger partial charge in [-0.25, -0.2) is 9.59 Å². The predicted octanol–water partition coefficient (Wildman–Crippen LogP) is -1.35. The molecule has 14 nitrogen and oxygen atoms in total. The van der Waals surface area contributed by atoms with Gasteiger partial charge in [0.15, 0.2) is 17.9 Å². The zero-order valence-electron chi connectivity index (χ0n) is 19.3. The Kier molecular flexibility index (Phi) is 7.87. The smallest absolute Gasteiger partial charge is 0.338 e. The number of H-pyrrole nitrogens is 1. The second kappa shape index (κ2) is 10.2. The number of nitrogens with one attached hydrogen (secondary N) is 1. The average molecular weight is 549 g/mol. The number of hydrogen-bond donors (Lipinski definition) is 2. The molecule has 1 aromatic carbocycles. The van der Waals surface area contributed by atoms with Gasteiger partial charge in [0.05, 0.1) is 18.1 Å². The number of benzene rings is 1. The molecule has 1 aliphatic heterocycles. The van der Waals surface area contributed by atoms with Crippen LogP contribution in [0.2, 0.25) is 0 Å². The molecular formula is C20H24N2O12S2. The van der Waals surface area contributed by atoms with Crippen molar-refractivity contribution in [2.45, 2.75) is 31.0 Å². The fourth-order valence-electron chi connectivity index (χ4n) is 3.46. The number of carbonyl (C=O) groups excluding carboxylic acids is 1. The quantitative estimate of drug-likeness (QED) is 0.276. The van der Waals surface area contributed by atoms with E-state index < -0.39 is 74.7 Å². The second-order valence-corrected chi connectivity index (χ2v) is 11.5. The predicted molar refractivity (Wildman–Crippen MR) is 122 cm³/mol. The van der Waals surface area contributed by atoms with Crippen molar-refractivity contribution in [3.8, 4) is 0 Å². The summed E-state index contributed by atoms with van der Waals surface area (Å²) in [5.74, 6) is -0.975. The first kappa shape index (κ1) is 27.7. The minimum Gasteiger partial charge on any atom is -0.453 e. The van der Waals surface area contributed by atoms with Gasteiger partial charge in [-0.3, -0.25) is 22.7 Å². The van der Waals surface area contributed by atoms with Crippen molar-refractivity contribution in [3.05, 3.63) is 68.5 Å². The summed E-state index contributed by atoms with van der Waals surface area (Å²) >= 11 is 0. The first-order chi connectivity index (χ1) is 16.6. The molecule has 2 N–H and O–H groups in total. The Bertz CT molecular complexity index is 1410. The topological polar surface area (TPSA) is 197 Å². The van der Waals surface area contributed by atoms with E-state index in [0.717, 1.165) is 10.8 Å². The van der Waals surface area contributed by atoms with Crippen LogP contribution in [0.25, 0.3) is 0 Å². The maximum absolute atomic E-state index is 12.8. The molecule has 1 fully saturated rings. The summed E-state index contributed by atoms with van der Waals surface area (Å²) in [6.45, 7) is -0.548. The highest BCUT2D eigenvalue weighted by molar-refractivity contribution is 7.86. The summed E-state index contributed by atoms with van der Waals surface area (Å²) in [5, 5.41) is 11.1. The first-order valence-corrected chi connectivity index (χ1v) is 13.9. The van der Waals surface area contributed by atoms with Gasteiger partial charge in [0.2, 0.25) is 0 Å². The van der Waals surface area contributed by atoms with Crippen LogP contribution in [0.1, 0.15) is 22.1 Å². The van der Waals surface area contributed by atoms with E-state index in [4.69, 9.17) is 17.8 Å². The van der Waals surface area contributed by atoms with Crippen LogP contribution >= 0.6 is 0 Å². The molecule has 0 amide bonds. The number of aromatic nitrogens is 2. The number of aliphatic hydroxyl groups excluding tert-OH is 1. The van der Waals surface area contributed by atoms with Gasteiger partial charge in [-0.1, -0.05) is 18.2 Å². The molecule has 198 valence electrons. The number of hydrogen-bond acceptors (Lipinski definition) is 12. The van der Waals surface area contributed by atoms with Crippen molar-refractivity contribution in [2.24, 2.45) is 0 Å². The van der Waals surface area contributed by atoms with E-state index in [1.54, 1.807) is 6.07 Å². The summed E-state index contributed by atoms with van der Waals surface area (Å²) in [7, 11) is -8.30. The molecule has 1 aromatic heterocycles. The zero-order valence-corrected chi connectivity index (χ0v) is 20.9. The summed E-state index contributed by atoms with van der Waals surface area (Å²) in [4.78, 5) is 39.1. The van der Waals surface area contributed by atoms with Crippen LogP contribution in [-0.2, 0) is 38.1 Å². The largest absolute Gasteiger partial charge is 0.453 e. The Morgan fingerprint density at radius 1 is 1.08 bits per heavy atom. The molecule has 1 aliphatic rings. The van der Waals surface area contributed by atoms with Crippen LogP contribution in [0.4, 0.5) is 0 Å². The van der Waals surface area contributed by atoms with Gasteiger partial charge in [-0.15, -0.1) is 0 Å². The molecule has 3 atom stereocenters. The number of rotatable bonds is 9. The maximum Gasteiger partial charge on any atom is 0.338 e. The van der Waals surface area contributed by atoms with Gasteiger partial charge < -0.3 is 14.6 Å². The molecule has 1 saturated heterocycles. The summed E-state index contributed by atoms with van der Waals surface area (Å²) in [6, 6.07) is 7.52. The van der Waals surface area contributed by atoms with Crippen LogP contribution in [0.15, 0.2) is 46.1 Å². The minimum absolute atomic E-state index is 0.0483. The number of aryl methyl sites for hydroxylation is 1. The Hall–Kier alpha value is -2.89. The van der Waals surface area contributed by atoms with Gasteiger partial charge in [-0.05, 0) is 19.1 Å². The Morgan fingerprint density at radius 2 is 1.64 bits per heavy atom. The number of ether oxygens (including phenoxy) is 2. The van der Waals surface area contributed by atoms with Crippen molar-refractivity contribution < 1.29 is 44.6 Å². The standard InChI is InChI=1S/C20H24N2O12S2/c1-12-9-22(19(26)21-16(12)24)17-14(23)15(33-18(25)13-7-5-4-6-8-13)20(34-17,10-31-35(2,27)28)11-32-36(3,29)30/h4-9,14-15,17,23H,10-11H2,1-3H3,(H,21,24,26)/t14-,15-,17+/m0/s1. The van der Waals surface area contributed by atoms with Gasteiger partial charge in [0.25, 0.3) is 25.8 Å². The van der Waals surface area contributed by atoms with E-state index in [-0.39, 0.29) is 11.1 Å². The summed E-state index contributed by atoms with van der Waals surface area (Å²) < 4.78 is 68.7. The number of carbonyl (C=O) groups is 1. The third kappa shape index (κ3) is 6.45. The molecule has 3 rings (SSSR count). The molecule has 2 aromatic rings. The molecule has 0 unspecified atom stereocenters. The summed E-state index contributed by atoms with van der Waals surface area (Å²) in [5.41, 5.74) is -3.84. The lowest BCUT2D eigenvalue weighted by Gasteiger charge is -2.32. The van der Waals surface area contributed by atoms with Gasteiger partial charge in [-0.2, -0.15) is 16.8 Å². The molecule has 0 bridgehead atoms. The molecule has 2 heterocycles. The van der Waals surface area contributed by atoms with E-state index in [0.29, 0.717) is 12.5 Å². The van der Waals surface area contributed by atoms with E-state index in [2.05, 4.69) is 0 Å². The van der Waals surface area contributed by atoms with Crippen LogP contribution < -0.4 is 11.2 Å². The van der Waals surface area contributed by atoms with Crippen LogP contribution in [0.5, 0.6) is 0 Å². The van der Waals surface area contributed by atoms with E-state index in [1.807, 2.05) is 4.98 Å². The van der Waals surface area contributed by atoms with Crippen molar-refractivity contribution >= 4 is 26.2 Å². The van der Waals surface area contributed by atoms with Crippen LogP contribution in [0.3, 0.4) is 0 Å². The van der Waals surface area contributed by atoms with Crippen molar-refractivity contribution in [3.63, 3.8) is 0 Å². The Labute approximate surface area is 205 Å². The third-order valence-electron chi connectivity index (χ3n) is 5.17. The fourth-order valence-corrected chi connectivity index (χ4v) is 4.28. The Balaban J connectivity index is 2.12. The van der Waals surface area contributed by atoms with E-state index in [1.165, 1.54) is 31.2 Å². The zero-order chi connectivity index (χ0) is 26.9. The lowest BCUT2D eigenvalue weighted by molar-refractivity contribution is -0.141. The van der Waals surface area contributed by atoms with E-state index in [9.17, 15) is 36.3 Å². The van der Waals surface area contributed by atoms with Crippen LogP contribution in [-0.4, -0.2) is 81.0 Å². The van der Waals surface area contributed by atoms with Crippen molar-refractivity contribution in [1.82, 2.24) is 9.55 Å². The Morgan fingerprint density at radius 3 is 2.17 bits per heavy atom. The van der Waals surface area contributed by atoms with Crippen molar-refractivity contribution in [1.29, 1.82) is 0 Å². The van der Waals surface area contributed by atoms with E-state index >= 15 is 0 Å². The van der Waals surface area contributed by atoms with Crippen LogP contribution in [0, 0.1) is 6.92 Å². The normalized spacial score (nSPS) is 21.8. The minimum atomic E-state index is -4.15. The SMILES string of the molecule is Cc1cn([C@@H]2OC(COS(C)(=O)=O)(COS(C)(=O)=O)[C@@H](OC(=O)c3ccccc3)[C@@H]2O)c(=O)[nH]c1=O. The monoisotopic (exact) mass is 548 g/mol. The third-order valence-corrected chi connectivity index (χ3v) is 6.27. The lowest BCUT2D eigenvalue weighted by Crippen LogP contribution is -2.53.